The van der Waals surface area contributed by atoms with Gasteiger partial charge in [0, 0.05) is 11.8 Å². The minimum Gasteiger partial charge on any atom is -0.462 e. The summed E-state index contributed by atoms with van der Waals surface area (Å²) in [7, 11) is 0. The van der Waals surface area contributed by atoms with E-state index in [9.17, 15) is 9.59 Å². The molecule has 7 atom stereocenters. The van der Waals surface area contributed by atoms with E-state index < -0.39 is 0 Å². The summed E-state index contributed by atoms with van der Waals surface area (Å²) in [5.74, 6) is 3.22. The van der Waals surface area contributed by atoms with Crippen LogP contribution in [0.25, 0.3) is 0 Å². The largest absolute Gasteiger partial charge is 0.462 e. The Morgan fingerprint density at radius 2 is 1.92 bits per heavy atom. The smallest absolute Gasteiger partial charge is 0.316 e. The van der Waals surface area contributed by atoms with Crippen molar-refractivity contribution in [1.29, 1.82) is 0 Å². The van der Waals surface area contributed by atoms with Gasteiger partial charge in [0.25, 0.3) is 0 Å². The summed E-state index contributed by atoms with van der Waals surface area (Å²) >= 11 is 3.20. The highest BCUT2D eigenvalue weighted by molar-refractivity contribution is 9.09. The van der Waals surface area contributed by atoms with Crippen molar-refractivity contribution in [2.24, 2.45) is 34.5 Å². The van der Waals surface area contributed by atoms with Crippen LogP contribution in [0.1, 0.15) is 71.6 Å². The van der Waals surface area contributed by atoms with E-state index in [0.717, 1.165) is 43.9 Å². The van der Waals surface area contributed by atoms with Crippen molar-refractivity contribution in [3.05, 3.63) is 0 Å². The third kappa shape index (κ3) is 2.73. The summed E-state index contributed by atoms with van der Waals surface area (Å²) in [4.78, 5) is 24.1. The lowest BCUT2D eigenvalue weighted by molar-refractivity contribution is -0.159. The first kappa shape index (κ1) is 18.0. The van der Waals surface area contributed by atoms with Crippen LogP contribution < -0.4 is 0 Å². The van der Waals surface area contributed by atoms with Crippen LogP contribution in [0.3, 0.4) is 0 Å². The van der Waals surface area contributed by atoms with Crippen molar-refractivity contribution in [2.45, 2.75) is 77.7 Å². The van der Waals surface area contributed by atoms with Crippen LogP contribution in [0.2, 0.25) is 0 Å². The zero-order valence-electron chi connectivity index (χ0n) is 15.6. The van der Waals surface area contributed by atoms with Crippen LogP contribution in [0.5, 0.6) is 0 Å². The summed E-state index contributed by atoms with van der Waals surface area (Å²) in [6.07, 6.45) is 10.1. The van der Waals surface area contributed by atoms with Crippen LogP contribution in [0, 0.1) is 34.5 Å². The second-order valence-corrected chi connectivity index (χ2v) is 10.2. The summed E-state index contributed by atoms with van der Waals surface area (Å²) in [5, 5.41) is 0.296. The van der Waals surface area contributed by atoms with Gasteiger partial charge < -0.3 is 4.74 Å². The number of rotatable bonds is 2. The fourth-order valence-corrected chi connectivity index (χ4v) is 7.45. The molecule has 0 spiro atoms. The van der Waals surface area contributed by atoms with Crippen LogP contribution in [0.15, 0.2) is 0 Å². The monoisotopic (exact) mass is 410 g/mol. The quantitative estimate of drug-likeness (QED) is 0.479. The van der Waals surface area contributed by atoms with E-state index in [2.05, 4.69) is 29.8 Å². The molecule has 4 fully saturated rings. The van der Waals surface area contributed by atoms with E-state index in [1.165, 1.54) is 25.7 Å². The maximum atomic E-state index is 12.5. The summed E-state index contributed by atoms with van der Waals surface area (Å²) in [5.41, 5.74) is 0.361. The third-order valence-electron chi connectivity index (χ3n) is 8.73. The predicted octanol–water partition coefficient (Wildman–Crippen LogP) is 4.90. The zero-order chi connectivity index (χ0) is 17.8. The van der Waals surface area contributed by atoms with Crippen molar-refractivity contribution >= 4 is 27.7 Å². The van der Waals surface area contributed by atoms with E-state index in [-0.39, 0.29) is 17.5 Å². The van der Waals surface area contributed by atoms with Gasteiger partial charge in [0.2, 0.25) is 0 Å². The number of ketones is 1. The highest BCUT2D eigenvalue weighted by atomic mass is 79.9. The summed E-state index contributed by atoms with van der Waals surface area (Å²) in [6.45, 7) is 4.77. The Bertz CT molecular complexity index is 575. The number of ether oxygens (including phenoxy) is 1. The molecule has 0 aromatic carbocycles. The average Bonchev–Trinajstić information content (AvgIpc) is 2.90. The van der Waals surface area contributed by atoms with E-state index in [4.69, 9.17) is 4.74 Å². The van der Waals surface area contributed by atoms with Gasteiger partial charge in [-0.15, -0.1) is 0 Å². The Morgan fingerprint density at radius 3 is 2.68 bits per heavy atom. The number of Topliss-reactive ketones (excluding diaryl/α,β-unsaturated/α-hetero) is 1. The molecule has 0 N–H and O–H groups in total. The second-order valence-electron chi connectivity index (χ2n) is 9.59. The molecule has 0 unspecified atom stereocenters. The first-order valence-corrected chi connectivity index (χ1v) is 11.3. The Labute approximate surface area is 159 Å². The molecule has 0 aromatic rings. The van der Waals surface area contributed by atoms with Crippen LogP contribution >= 0.6 is 15.9 Å². The number of carbonyl (C=O) groups is 2. The standard InChI is InChI=1S/C21H31BrO3/c1-20-9-7-14(25-19(24)12-22)11-13(20)3-4-15-16-5-6-18(23)21(16,2)10-8-17(15)20/h13-17H,3-12H2,1-2H3/t13-,14+,15-,16-,17-,20-,21-/m0/s1. The minimum atomic E-state index is -0.125. The lowest BCUT2D eigenvalue weighted by atomic mass is 9.45. The molecule has 0 heterocycles. The highest BCUT2D eigenvalue weighted by Gasteiger charge is 2.60. The third-order valence-corrected chi connectivity index (χ3v) is 9.19. The summed E-state index contributed by atoms with van der Waals surface area (Å²) < 4.78 is 5.64. The van der Waals surface area contributed by atoms with Gasteiger partial charge in [0.15, 0.2) is 0 Å². The second kappa shape index (κ2) is 6.35. The lowest BCUT2D eigenvalue weighted by Gasteiger charge is -2.60. The van der Waals surface area contributed by atoms with Crippen molar-refractivity contribution in [3.63, 3.8) is 0 Å². The molecule has 140 valence electrons. The maximum absolute atomic E-state index is 12.5. The molecule has 4 heteroatoms. The number of alkyl halides is 1. The van der Waals surface area contributed by atoms with E-state index >= 15 is 0 Å². The van der Waals surface area contributed by atoms with Gasteiger partial charge in [-0.3, -0.25) is 9.59 Å². The SMILES string of the molecule is C[C@]12CC[C@@H](OC(=O)CBr)C[C@@H]1CC[C@@H]1[C@@H]2CC[C@]2(C)C(=O)CC[C@@H]12. The van der Waals surface area contributed by atoms with Gasteiger partial charge in [-0.05, 0) is 80.5 Å². The molecule has 0 aliphatic heterocycles. The number of hydrogen-bond acceptors (Lipinski definition) is 3. The minimum absolute atomic E-state index is 0.0209. The molecule has 4 aliphatic rings. The first-order valence-electron chi connectivity index (χ1n) is 10.2. The summed E-state index contributed by atoms with van der Waals surface area (Å²) in [6, 6.07) is 0. The fourth-order valence-electron chi connectivity index (χ4n) is 7.31. The topological polar surface area (TPSA) is 43.4 Å². The number of hydrogen-bond donors (Lipinski definition) is 0. The zero-order valence-corrected chi connectivity index (χ0v) is 17.1. The van der Waals surface area contributed by atoms with Crippen molar-refractivity contribution in [1.82, 2.24) is 0 Å². The molecule has 0 saturated heterocycles. The van der Waals surface area contributed by atoms with Crippen molar-refractivity contribution < 1.29 is 14.3 Å². The fraction of sp³-hybridized carbons (Fsp3) is 0.905. The van der Waals surface area contributed by atoms with Crippen molar-refractivity contribution in [2.75, 3.05) is 5.33 Å². The highest BCUT2D eigenvalue weighted by Crippen LogP contribution is 2.65. The van der Waals surface area contributed by atoms with Gasteiger partial charge in [-0.1, -0.05) is 29.8 Å². The molecule has 0 amide bonds. The molecule has 0 aromatic heterocycles. The number of fused-ring (bicyclic) bond motifs is 5. The Morgan fingerprint density at radius 1 is 1.12 bits per heavy atom. The van der Waals surface area contributed by atoms with Gasteiger partial charge in [-0.25, -0.2) is 0 Å². The first-order chi connectivity index (χ1) is 11.9. The predicted molar refractivity (Wildman–Crippen MR) is 100 cm³/mol. The normalized spacial score (nSPS) is 49.1. The molecular weight excluding hydrogens is 380 g/mol. The van der Waals surface area contributed by atoms with Gasteiger partial charge in [0.05, 0.1) is 0 Å². The van der Waals surface area contributed by atoms with Crippen LogP contribution in [0.4, 0.5) is 0 Å². The Balaban J connectivity index is 1.51. The van der Waals surface area contributed by atoms with Gasteiger partial charge >= 0.3 is 5.97 Å². The Kier molecular flexibility index (Phi) is 4.57. The molecule has 25 heavy (non-hydrogen) atoms. The molecule has 0 bridgehead atoms. The van der Waals surface area contributed by atoms with Gasteiger partial charge in [0.1, 0.15) is 17.2 Å². The lowest BCUT2D eigenvalue weighted by Crippen LogP contribution is -2.54. The number of halogens is 1. The average molecular weight is 411 g/mol. The molecule has 0 radical (unpaired) electrons. The number of esters is 1. The van der Waals surface area contributed by atoms with E-state index in [0.29, 0.717) is 28.4 Å². The number of carbonyl (C=O) groups excluding carboxylic acids is 2. The molecule has 3 nitrogen and oxygen atoms in total. The van der Waals surface area contributed by atoms with Crippen molar-refractivity contribution in [3.8, 4) is 0 Å². The van der Waals surface area contributed by atoms with E-state index in [1.54, 1.807) is 0 Å². The Hall–Kier alpha value is -0.380. The molecule has 4 rings (SSSR count). The maximum Gasteiger partial charge on any atom is 0.316 e. The molecule has 4 saturated carbocycles. The van der Waals surface area contributed by atoms with Crippen LogP contribution in [-0.2, 0) is 14.3 Å². The van der Waals surface area contributed by atoms with Gasteiger partial charge in [-0.2, -0.15) is 0 Å². The molecule has 4 aliphatic carbocycles. The van der Waals surface area contributed by atoms with Crippen LogP contribution in [-0.4, -0.2) is 23.2 Å². The molecular formula is C21H31BrO3. The van der Waals surface area contributed by atoms with E-state index in [1.807, 2.05) is 0 Å².